The van der Waals surface area contributed by atoms with E-state index in [0.29, 0.717) is 23.6 Å². The summed E-state index contributed by atoms with van der Waals surface area (Å²) in [4.78, 5) is 18.5. The van der Waals surface area contributed by atoms with Gasteiger partial charge in [-0.15, -0.1) is 0 Å². The second-order valence-corrected chi connectivity index (χ2v) is 5.13. The summed E-state index contributed by atoms with van der Waals surface area (Å²) < 4.78 is 10.5. The van der Waals surface area contributed by atoms with Crippen molar-refractivity contribution in [2.75, 3.05) is 25.8 Å². The largest absolute Gasteiger partial charge is 0.454 e. The fourth-order valence-electron chi connectivity index (χ4n) is 2.29. The molecule has 6 heteroatoms. The van der Waals surface area contributed by atoms with Gasteiger partial charge in [-0.3, -0.25) is 4.79 Å². The maximum absolute atomic E-state index is 12.3. The van der Waals surface area contributed by atoms with Crippen molar-refractivity contribution in [1.82, 2.24) is 10.3 Å². The van der Waals surface area contributed by atoms with Crippen molar-refractivity contribution in [3.63, 3.8) is 0 Å². The average molecular weight is 299 g/mol. The lowest BCUT2D eigenvalue weighted by Crippen LogP contribution is -2.24. The number of benzene rings is 1. The Balaban J connectivity index is 1.70. The minimum absolute atomic E-state index is 0.160. The van der Waals surface area contributed by atoms with E-state index in [1.54, 1.807) is 24.4 Å². The second-order valence-electron chi connectivity index (χ2n) is 5.13. The van der Waals surface area contributed by atoms with Gasteiger partial charge < -0.3 is 19.7 Å². The zero-order valence-electron chi connectivity index (χ0n) is 12.5. The van der Waals surface area contributed by atoms with Crippen LogP contribution in [-0.2, 0) is 6.54 Å². The van der Waals surface area contributed by atoms with Crippen molar-refractivity contribution in [3.8, 4) is 11.5 Å². The molecule has 114 valence electrons. The lowest BCUT2D eigenvalue weighted by atomic mass is 10.1. The van der Waals surface area contributed by atoms with Crippen LogP contribution in [0, 0.1) is 0 Å². The molecule has 6 nitrogen and oxygen atoms in total. The smallest absolute Gasteiger partial charge is 0.251 e. The molecule has 0 bridgehead atoms. The van der Waals surface area contributed by atoms with Gasteiger partial charge in [-0.05, 0) is 24.3 Å². The van der Waals surface area contributed by atoms with Crippen molar-refractivity contribution in [3.05, 3.63) is 47.7 Å². The third-order valence-corrected chi connectivity index (χ3v) is 3.37. The average Bonchev–Trinajstić information content (AvgIpc) is 3.00. The summed E-state index contributed by atoms with van der Waals surface area (Å²) in [7, 11) is 3.84. The van der Waals surface area contributed by atoms with E-state index in [4.69, 9.17) is 9.47 Å². The van der Waals surface area contributed by atoms with Crippen molar-refractivity contribution in [2.45, 2.75) is 6.54 Å². The highest BCUT2D eigenvalue weighted by atomic mass is 16.7. The van der Waals surface area contributed by atoms with Crippen molar-refractivity contribution in [1.29, 1.82) is 0 Å². The zero-order valence-corrected chi connectivity index (χ0v) is 12.5. The van der Waals surface area contributed by atoms with Gasteiger partial charge in [0.1, 0.15) is 5.82 Å². The number of ether oxygens (including phenoxy) is 2. The van der Waals surface area contributed by atoms with E-state index in [1.807, 2.05) is 31.1 Å². The van der Waals surface area contributed by atoms with Gasteiger partial charge in [-0.1, -0.05) is 6.07 Å². The monoisotopic (exact) mass is 299 g/mol. The molecule has 0 saturated carbocycles. The Bertz CT molecular complexity index is 701. The first-order chi connectivity index (χ1) is 10.6. The fourth-order valence-corrected chi connectivity index (χ4v) is 2.29. The van der Waals surface area contributed by atoms with Gasteiger partial charge in [-0.25, -0.2) is 4.98 Å². The van der Waals surface area contributed by atoms with Gasteiger partial charge in [0.25, 0.3) is 5.91 Å². The van der Waals surface area contributed by atoms with Crippen LogP contribution in [0.1, 0.15) is 15.9 Å². The standard InChI is InChI=1S/C16H17N3O3/c1-19(2)15-12(4-3-7-17-15)9-18-16(20)11-5-6-13-14(8-11)22-10-21-13/h3-8H,9-10H2,1-2H3,(H,18,20). The number of nitrogens with one attached hydrogen (secondary N) is 1. The number of hydrogen-bond donors (Lipinski definition) is 1. The first kappa shape index (κ1) is 14.2. The summed E-state index contributed by atoms with van der Waals surface area (Å²) in [6, 6.07) is 8.95. The van der Waals surface area contributed by atoms with E-state index < -0.39 is 0 Å². The van der Waals surface area contributed by atoms with Crippen LogP contribution < -0.4 is 19.7 Å². The summed E-state index contributed by atoms with van der Waals surface area (Å²) in [5, 5.41) is 2.90. The molecule has 1 aliphatic heterocycles. The molecule has 0 spiro atoms. The van der Waals surface area contributed by atoms with Gasteiger partial charge in [0.15, 0.2) is 11.5 Å². The van der Waals surface area contributed by atoms with Crippen LogP contribution >= 0.6 is 0 Å². The number of fused-ring (bicyclic) bond motifs is 1. The van der Waals surface area contributed by atoms with E-state index in [9.17, 15) is 4.79 Å². The van der Waals surface area contributed by atoms with Crippen molar-refractivity contribution in [2.24, 2.45) is 0 Å². The molecule has 22 heavy (non-hydrogen) atoms. The lowest BCUT2D eigenvalue weighted by molar-refractivity contribution is 0.0950. The van der Waals surface area contributed by atoms with Crippen LogP contribution in [0.2, 0.25) is 0 Å². The predicted octanol–water partition coefficient (Wildman–Crippen LogP) is 1.81. The summed E-state index contributed by atoms with van der Waals surface area (Å²) in [6.45, 7) is 0.608. The highest BCUT2D eigenvalue weighted by Gasteiger charge is 2.16. The Morgan fingerprint density at radius 3 is 2.91 bits per heavy atom. The minimum atomic E-state index is -0.160. The molecule has 1 aromatic heterocycles. The Morgan fingerprint density at radius 2 is 2.09 bits per heavy atom. The Hall–Kier alpha value is -2.76. The van der Waals surface area contributed by atoms with Crippen LogP contribution in [0.3, 0.4) is 0 Å². The summed E-state index contributed by atoms with van der Waals surface area (Å²) >= 11 is 0. The summed E-state index contributed by atoms with van der Waals surface area (Å²) in [6.07, 6.45) is 1.73. The van der Waals surface area contributed by atoms with Crippen molar-refractivity contribution >= 4 is 11.7 Å². The molecule has 0 radical (unpaired) electrons. The highest BCUT2D eigenvalue weighted by molar-refractivity contribution is 5.94. The van der Waals surface area contributed by atoms with Gasteiger partial charge in [-0.2, -0.15) is 0 Å². The molecular formula is C16H17N3O3. The molecule has 0 aliphatic carbocycles. The van der Waals surface area contributed by atoms with E-state index in [2.05, 4.69) is 10.3 Å². The first-order valence-corrected chi connectivity index (χ1v) is 6.94. The van der Waals surface area contributed by atoms with Gasteiger partial charge in [0.05, 0.1) is 0 Å². The number of carbonyl (C=O) groups excluding carboxylic acids is 1. The number of hydrogen-bond acceptors (Lipinski definition) is 5. The van der Waals surface area contributed by atoms with Gasteiger partial charge in [0.2, 0.25) is 6.79 Å². The number of pyridine rings is 1. The highest BCUT2D eigenvalue weighted by Crippen LogP contribution is 2.32. The number of rotatable bonds is 4. The van der Waals surface area contributed by atoms with E-state index in [1.165, 1.54) is 0 Å². The Kier molecular flexibility index (Phi) is 3.82. The fraction of sp³-hybridized carbons (Fsp3) is 0.250. The van der Waals surface area contributed by atoms with Crippen LogP contribution in [0.25, 0.3) is 0 Å². The maximum atomic E-state index is 12.3. The Labute approximate surface area is 128 Å². The van der Waals surface area contributed by atoms with Gasteiger partial charge >= 0.3 is 0 Å². The summed E-state index contributed by atoms with van der Waals surface area (Å²) in [5.74, 6) is 1.95. The second kappa shape index (κ2) is 5.93. The lowest BCUT2D eigenvalue weighted by Gasteiger charge is -2.16. The minimum Gasteiger partial charge on any atom is -0.454 e. The zero-order chi connectivity index (χ0) is 15.5. The molecule has 1 N–H and O–H groups in total. The topological polar surface area (TPSA) is 63.7 Å². The van der Waals surface area contributed by atoms with E-state index in [0.717, 1.165) is 11.4 Å². The normalized spacial score (nSPS) is 12.1. The molecule has 0 unspecified atom stereocenters. The number of carbonyl (C=O) groups is 1. The molecule has 0 atom stereocenters. The maximum Gasteiger partial charge on any atom is 0.251 e. The first-order valence-electron chi connectivity index (χ1n) is 6.94. The number of anilines is 1. The number of amides is 1. The third-order valence-electron chi connectivity index (χ3n) is 3.37. The Morgan fingerprint density at radius 1 is 1.27 bits per heavy atom. The SMILES string of the molecule is CN(C)c1ncccc1CNC(=O)c1ccc2c(c1)OCO2. The molecule has 0 saturated heterocycles. The molecule has 1 amide bonds. The van der Waals surface area contributed by atoms with Crippen LogP contribution in [0.4, 0.5) is 5.82 Å². The number of nitrogens with zero attached hydrogens (tertiary/aromatic N) is 2. The van der Waals surface area contributed by atoms with Crippen LogP contribution in [0.5, 0.6) is 11.5 Å². The van der Waals surface area contributed by atoms with Crippen molar-refractivity contribution < 1.29 is 14.3 Å². The number of aromatic nitrogens is 1. The quantitative estimate of drug-likeness (QED) is 0.933. The summed E-state index contributed by atoms with van der Waals surface area (Å²) in [5.41, 5.74) is 1.50. The molecule has 0 fully saturated rings. The van der Waals surface area contributed by atoms with Crippen LogP contribution in [0.15, 0.2) is 36.5 Å². The van der Waals surface area contributed by atoms with Gasteiger partial charge in [0, 0.05) is 38.0 Å². The molecule has 2 aromatic rings. The van der Waals surface area contributed by atoms with E-state index in [-0.39, 0.29) is 12.7 Å². The molecule has 1 aromatic carbocycles. The third kappa shape index (κ3) is 2.81. The predicted molar refractivity (Wildman–Crippen MR) is 82.3 cm³/mol. The molecule has 1 aliphatic rings. The van der Waals surface area contributed by atoms with E-state index >= 15 is 0 Å². The van der Waals surface area contributed by atoms with Crippen LogP contribution in [-0.4, -0.2) is 31.8 Å². The molecule has 2 heterocycles. The molecular weight excluding hydrogens is 282 g/mol. The molecule has 3 rings (SSSR count).